The maximum absolute atomic E-state index is 6.59. The first kappa shape index (κ1) is 14.8. The van der Waals surface area contributed by atoms with Gasteiger partial charge >= 0.3 is 0 Å². The molecule has 1 aromatic heterocycles. The number of hydrogen-bond acceptors (Lipinski definition) is 2. The van der Waals surface area contributed by atoms with Crippen LogP contribution in [0.1, 0.15) is 18.4 Å². The molecule has 2 aliphatic heterocycles. The van der Waals surface area contributed by atoms with Crippen molar-refractivity contribution in [3.8, 4) is 0 Å². The van der Waals surface area contributed by atoms with E-state index in [4.69, 9.17) is 4.74 Å². The van der Waals surface area contributed by atoms with Gasteiger partial charge in [0.15, 0.2) is 5.60 Å². The van der Waals surface area contributed by atoms with Crippen molar-refractivity contribution in [1.82, 2.24) is 9.47 Å². The van der Waals surface area contributed by atoms with Crippen LogP contribution in [0.25, 0.3) is 5.70 Å². The van der Waals surface area contributed by atoms with Crippen molar-refractivity contribution in [2.24, 2.45) is 0 Å². The van der Waals surface area contributed by atoms with Crippen LogP contribution in [0, 0.1) is 0 Å². The van der Waals surface area contributed by atoms with Gasteiger partial charge in [-0.05, 0) is 30.2 Å². The second-order valence-corrected chi connectivity index (χ2v) is 7.12. The summed E-state index contributed by atoms with van der Waals surface area (Å²) in [6.45, 7) is 2.99. The topological polar surface area (TPSA) is 17.4 Å². The quantitative estimate of drug-likeness (QED) is 0.838. The summed E-state index contributed by atoms with van der Waals surface area (Å²) in [6, 6.07) is 14.9. The highest BCUT2D eigenvalue weighted by molar-refractivity contribution is 5.70. The lowest BCUT2D eigenvalue weighted by Crippen LogP contribution is -2.36. The molecule has 0 radical (unpaired) electrons. The monoisotopic (exact) mass is 330 g/mol. The number of rotatable bonds is 3. The fraction of sp³-hybridized carbons (Fsp3) is 0.273. The zero-order chi connectivity index (χ0) is 16.7. The summed E-state index contributed by atoms with van der Waals surface area (Å²) < 4.78 is 8.86. The third-order valence-corrected chi connectivity index (χ3v) is 5.45. The van der Waals surface area contributed by atoms with E-state index in [1.807, 2.05) is 0 Å². The lowest BCUT2D eigenvalue weighted by Gasteiger charge is -2.28. The summed E-state index contributed by atoms with van der Waals surface area (Å²) in [4.78, 5) is 2.52. The molecule has 3 aliphatic rings. The van der Waals surface area contributed by atoms with Crippen LogP contribution < -0.4 is 0 Å². The largest absolute Gasteiger partial charge is 0.479 e. The van der Waals surface area contributed by atoms with Gasteiger partial charge < -0.3 is 9.30 Å². The summed E-state index contributed by atoms with van der Waals surface area (Å²) in [5.41, 5.74) is 3.83. The van der Waals surface area contributed by atoms with Gasteiger partial charge in [-0.25, -0.2) is 0 Å². The Labute approximate surface area is 148 Å². The number of fused-ring (bicyclic) bond motifs is 1. The van der Waals surface area contributed by atoms with Crippen LogP contribution in [-0.4, -0.2) is 28.2 Å². The molecule has 0 saturated carbocycles. The Morgan fingerprint density at radius 3 is 2.72 bits per heavy atom. The summed E-state index contributed by atoms with van der Waals surface area (Å²) in [5, 5.41) is 0. The van der Waals surface area contributed by atoms with E-state index in [2.05, 4.69) is 82.6 Å². The molecule has 25 heavy (non-hydrogen) atoms. The minimum atomic E-state index is -0.221. The van der Waals surface area contributed by atoms with Crippen LogP contribution >= 0.6 is 0 Å². The number of ether oxygens (including phenoxy) is 1. The highest BCUT2D eigenvalue weighted by Crippen LogP contribution is 2.48. The molecule has 1 aromatic carbocycles. The van der Waals surface area contributed by atoms with E-state index in [1.165, 1.54) is 16.8 Å². The van der Waals surface area contributed by atoms with Gasteiger partial charge in [-0.15, -0.1) is 0 Å². The zero-order valence-electron chi connectivity index (χ0n) is 14.3. The molecule has 5 rings (SSSR count). The van der Waals surface area contributed by atoms with Gasteiger partial charge in [-0.3, -0.25) is 4.90 Å². The normalized spacial score (nSPS) is 25.4. The van der Waals surface area contributed by atoms with Crippen LogP contribution in [0.5, 0.6) is 0 Å². The van der Waals surface area contributed by atoms with Gasteiger partial charge in [0.1, 0.15) is 5.76 Å². The van der Waals surface area contributed by atoms with Crippen molar-refractivity contribution in [3.05, 3.63) is 90.0 Å². The van der Waals surface area contributed by atoms with E-state index >= 15 is 0 Å². The smallest absolute Gasteiger partial charge is 0.163 e. The predicted molar refractivity (Wildman–Crippen MR) is 99.6 cm³/mol. The van der Waals surface area contributed by atoms with Crippen molar-refractivity contribution in [3.63, 3.8) is 0 Å². The molecule has 3 heterocycles. The second kappa shape index (κ2) is 5.78. The summed E-state index contributed by atoms with van der Waals surface area (Å²) >= 11 is 0. The Hall–Kier alpha value is -2.52. The van der Waals surface area contributed by atoms with Crippen molar-refractivity contribution in [2.75, 3.05) is 13.1 Å². The van der Waals surface area contributed by atoms with Gasteiger partial charge in [0.2, 0.25) is 0 Å². The predicted octanol–water partition coefficient (Wildman–Crippen LogP) is 4.22. The summed E-state index contributed by atoms with van der Waals surface area (Å²) in [6.07, 6.45) is 12.7. The lowest BCUT2D eigenvalue weighted by atomic mass is 9.94. The van der Waals surface area contributed by atoms with E-state index in [-0.39, 0.29) is 5.60 Å². The lowest BCUT2D eigenvalue weighted by molar-refractivity contribution is 0.0760. The van der Waals surface area contributed by atoms with Crippen LogP contribution in [0.4, 0.5) is 0 Å². The molecule has 3 heteroatoms. The molecule has 1 unspecified atom stereocenters. The minimum Gasteiger partial charge on any atom is -0.479 e. The van der Waals surface area contributed by atoms with E-state index in [0.717, 1.165) is 38.2 Å². The van der Waals surface area contributed by atoms with E-state index in [1.54, 1.807) is 0 Å². The number of hydrogen-bond donors (Lipinski definition) is 0. The van der Waals surface area contributed by atoms with Crippen LogP contribution in [0.2, 0.25) is 0 Å². The number of benzene rings is 1. The first-order valence-corrected chi connectivity index (χ1v) is 9.04. The number of aromatic nitrogens is 1. The zero-order valence-corrected chi connectivity index (χ0v) is 14.3. The Morgan fingerprint density at radius 1 is 1.04 bits per heavy atom. The third-order valence-electron chi connectivity index (χ3n) is 5.45. The summed E-state index contributed by atoms with van der Waals surface area (Å²) in [7, 11) is 0. The number of allylic oxidation sites excluding steroid dienone is 4. The van der Waals surface area contributed by atoms with E-state index in [9.17, 15) is 0 Å². The fourth-order valence-corrected chi connectivity index (χ4v) is 4.37. The maximum Gasteiger partial charge on any atom is 0.163 e. The molecule has 2 aromatic rings. The Bertz CT molecular complexity index is 861. The molecule has 0 bridgehead atoms. The van der Waals surface area contributed by atoms with Crippen LogP contribution in [0.3, 0.4) is 0 Å². The molecule has 1 spiro atoms. The van der Waals surface area contributed by atoms with Gasteiger partial charge in [0.05, 0.1) is 5.70 Å². The minimum absolute atomic E-state index is 0.221. The Kier molecular flexibility index (Phi) is 3.42. The highest BCUT2D eigenvalue weighted by atomic mass is 16.5. The number of likely N-dealkylation sites (tertiary alicyclic amines) is 1. The first-order valence-electron chi connectivity index (χ1n) is 9.04. The molecule has 3 nitrogen and oxygen atoms in total. The van der Waals surface area contributed by atoms with Crippen LogP contribution in [-0.2, 0) is 11.3 Å². The molecular weight excluding hydrogens is 308 g/mol. The van der Waals surface area contributed by atoms with Crippen molar-refractivity contribution < 1.29 is 4.74 Å². The van der Waals surface area contributed by atoms with E-state index in [0.29, 0.717) is 0 Å². The maximum atomic E-state index is 6.59. The van der Waals surface area contributed by atoms with Crippen molar-refractivity contribution in [1.29, 1.82) is 0 Å². The number of nitrogens with zero attached hydrogens (tertiary/aromatic N) is 2. The molecule has 1 aliphatic carbocycles. The van der Waals surface area contributed by atoms with Gasteiger partial charge in [0, 0.05) is 44.0 Å². The second-order valence-electron chi connectivity index (χ2n) is 7.12. The molecule has 126 valence electrons. The molecular formula is C22H22N2O. The van der Waals surface area contributed by atoms with Gasteiger partial charge in [0.25, 0.3) is 0 Å². The molecule has 0 N–H and O–H groups in total. The van der Waals surface area contributed by atoms with Crippen LogP contribution in [0.15, 0.2) is 84.4 Å². The van der Waals surface area contributed by atoms with E-state index < -0.39 is 0 Å². The first-order chi connectivity index (χ1) is 12.3. The van der Waals surface area contributed by atoms with Crippen molar-refractivity contribution >= 4 is 5.70 Å². The van der Waals surface area contributed by atoms with Crippen molar-refractivity contribution in [2.45, 2.75) is 25.0 Å². The molecule has 1 saturated heterocycles. The average Bonchev–Trinajstić information content (AvgIpc) is 3.35. The standard InChI is InChI=1S/C22H22N2O/c1-2-8-18(9-3-1)16-23-15-12-22(17-23)21(24-13-6-7-14-24)19-10-4-5-11-20(19)25-22/h1-9,11,13-14H,10,12,15-17H2. The van der Waals surface area contributed by atoms with Gasteiger partial charge in [-0.2, -0.15) is 0 Å². The fourth-order valence-electron chi connectivity index (χ4n) is 4.37. The third kappa shape index (κ3) is 2.47. The SMILES string of the molecule is C1=CCC2=C(n3cccc3)C3(CCN(Cc4ccccc4)C3)OC2=C1. The summed E-state index contributed by atoms with van der Waals surface area (Å²) in [5.74, 6) is 1.06. The Balaban J connectivity index is 1.48. The molecule has 1 fully saturated rings. The molecule has 0 amide bonds. The molecule has 1 atom stereocenters. The van der Waals surface area contributed by atoms with Gasteiger partial charge in [-0.1, -0.05) is 42.5 Å². The Morgan fingerprint density at radius 2 is 1.88 bits per heavy atom. The average molecular weight is 330 g/mol. The highest BCUT2D eigenvalue weighted by Gasteiger charge is 2.50.